The molecule has 2 amide bonds. The second-order valence-electron chi connectivity index (χ2n) is 7.01. The minimum Gasteiger partial charge on any atom is -0.337 e. The zero-order valence-corrected chi connectivity index (χ0v) is 15.9. The summed E-state index contributed by atoms with van der Waals surface area (Å²) in [5.41, 5.74) is 9.32. The van der Waals surface area contributed by atoms with Crippen LogP contribution >= 0.6 is 0 Å². The monoisotopic (exact) mass is 388 g/mol. The zero-order valence-electron chi connectivity index (χ0n) is 15.9. The maximum absolute atomic E-state index is 14.5. The topological polar surface area (TPSA) is 70.4 Å². The summed E-state index contributed by atoms with van der Waals surface area (Å²) in [4.78, 5) is 12.9. The number of benzene rings is 2. The lowest BCUT2D eigenvalue weighted by Gasteiger charge is -2.38. The van der Waals surface area contributed by atoms with Gasteiger partial charge in [-0.05, 0) is 56.5 Å². The molecule has 1 aliphatic rings. The minimum absolute atomic E-state index is 0.208. The van der Waals surface area contributed by atoms with Gasteiger partial charge >= 0.3 is 6.03 Å². The number of amides is 2. The van der Waals surface area contributed by atoms with Crippen LogP contribution < -0.4 is 16.5 Å². The van der Waals surface area contributed by atoms with Crippen LogP contribution in [0.1, 0.15) is 43.4 Å². The third-order valence-electron chi connectivity index (χ3n) is 5.22. The van der Waals surface area contributed by atoms with E-state index in [-0.39, 0.29) is 11.6 Å². The van der Waals surface area contributed by atoms with E-state index in [4.69, 9.17) is 5.73 Å². The van der Waals surface area contributed by atoms with Crippen molar-refractivity contribution in [2.75, 3.05) is 13.1 Å². The molecule has 0 radical (unpaired) electrons. The zero-order chi connectivity index (χ0) is 20.1. The van der Waals surface area contributed by atoms with Crippen molar-refractivity contribution in [3.8, 4) is 0 Å². The fourth-order valence-electron chi connectivity index (χ4n) is 3.95. The molecule has 2 aromatic rings. The number of halogens is 2. The number of hydrogen-bond donors (Lipinski definition) is 3. The van der Waals surface area contributed by atoms with Crippen LogP contribution in [0, 0.1) is 11.6 Å². The maximum Gasteiger partial charge on any atom is 0.332 e. The molecule has 4 N–H and O–H groups in total. The van der Waals surface area contributed by atoms with E-state index in [1.54, 1.807) is 0 Å². The van der Waals surface area contributed by atoms with Gasteiger partial charge in [-0.3, -0.25) is 0 Å². The fourth-order valence-corrected chi connectivity index (χ4v) is 3.95. The molecule has 0 aliphatic carbocycles. The molecule has 2 atom stereocenters. The van der Waals surface area contributed by atoms with Crippen LogP contribution in [-0.2, 0) is 5.54 Å². The van der Waals surface area contributed by atoms with Gasteiger partial charge in [0.05, 0.1) is 11.6 Å². The van der Waals surface area contributed by atoms with Crippen molar-refractivity contribution >= 4 is 6.03 Å². The highest BCUT2D eigenvalue weighted by molar-refractivity contribution is 5.75. The smallest absolute Gasteiger partial charge is 0.332 e. The molecule has 150 valence electrons. The second kappa shape index (κ2) is 8.67. The lowest BCUT2D eigenvalue weighted by Crippen LogP contribution is -2.54. The molecule has 5 nitrogen and oxygen atoms in total. The van der Waals surface area contributed by atoms with Crippen LogP contribution in [0.3, 0.4) is 0 Å². The van der Waals surface area contributed by atoms with E-state index in [1.165, 1.54) is 11.1 Å². The summed E-state index contributed by atoms with van der Waals surface area (Å²) in [6.45, 7) is 2.76. The predicted molar refractivity (Wildman–Crippen MR) is 104 cm³/mol. The van der Waals surface area contributed by atoms with Crippen LogP contribution in [0.15, 0.2) is 48.5 Å². The molecule has 7 heteroatoms. The first-order valence-corrected chi connectivity index (χ1v) is 9.56. The van der Waals surface area contributed by atoms with Crippen LogP contribution in [0.4, 0.5) is 13.6 Å². The SMILES string of the molecule is CCNC(=O)N1NC(c2cc(F)ccc2F)C[C@@]1(CCCN)c1ccccc1. The number of carbonyl (C=O) groups is 1. The van der Waals surface area contributed by atoms with E-state index in [2.05, 4.69) is 10.7 Å². The third-order valence-corrected chi connectivity index (χ3v) is 5.22. The Balaban J connectivity index is 2.07. The van der Waals surface area contributed by atoms with Crippen LogP contribution in [0.2, 0.25) is 0 Å². The summed E-state index contributed by atoms with van der Waals surface area (Å²) in [7, 11) is 0. The Labute approximate surface area is 163 Å². The van der Waals surface area contributed by atoms with Gasteiger partial charge in [0, 0.05) is 12.1 Å². The van der Waals surface area contributed by atoms with Gasteiger partial charge in [-0.1, -0.05) is 30.3 Å². The molecule has 3 rings (SSSR count). The Hall–Kier alpha value is -2.51. The maximum atomic E-state index is 14.5. The number of hydrazine groups is 1. The second-order valence-corrected chi connectivity index (χ2v) is 7.01. The molecule has 28 heavy (non-hydrogen) atoms. The first-order chi connectivity index (χ1) is 13.5. The lowest BCUT2D eigenvalue weighted by molar-refractivity contribution is 0.105. The fraction of sp³-hybridized carbons (Fsp3) is 0.381. The van der Waals surface area contributed by atoms with Gasteiger partial charge in [0.1, 0.15) is 11.6 Å². The van der Waals surface area contributed by atoms with Gasteiger partial charge in [0.2, 0.25) is 0 Å². The van der Waals surface area contributed by atoms with Crippen molar-refractivity contribution in [3.63, 3.8) is 0 Å². The van der Waals surface area contributed by atoms with E-state index in [1.807, 2.05) is 37.3 Å². The van der Waals surface area contributed by atoms with Crippen molar-refractivity contribution in [1.29, 1.82) is 0 Å². The summed E-state index contributed by atoms with van der Waals surface area (Å²) in [5, 5.41) is 4.35. The average molecular weight is 388 g/mol. The average Bonchev–Trinajstić information content (AvgIpc) is 3.10. The lowest BCUT2D eigenvalue weighted by atomic mass is 9.80. The summed E-state index contributed by atoms with van der Waals surface area (Å²) in [5.74, 6) is -1.01. The van der Waals surface area contributed by atoms with E-state index in [9.17, 15) is 13.6 Å². The Morgan fingerprint density at radius 1 is 1.29 bits per heavy atom. The molecular formula is C21H26F2N4O. The van der Waals surface area contributed by atoms with Crippen LogP contribution in [0.5, 0.6) is 0 Å². The Morgan fingerprint density at radius 3 is 2.71 bits per heavy atom. The standard InChI is InChI=1S/C21H26F2N4O/c1-2-25-20(28)27-21(11-6-12-24,15-7-4-3-5-8-15)14-19(26-27)17-13-16(22)9-10-18(17)23/h3-5,7-10,13,19,26H,2,6,11-12,14,24H2,1H3,(H,25,28)/t19?,21-/m0/s1. The van der Waals surface area contributed by atoms with Gasteiger partial charge in [0.25, 0.3) is 0 Å². The van der Waals surface area contributed by atoms with Gasteiger partial charge in [-0.2, -0.15) is 0 Å². The largest absolute Gasteiger partial charge is 0.337 e. The molecule has 0 bridgehead atoms. The molecule has 1 aliphatic heterocycles. The van der Waals surface area contributed by atoms with E-state index in [0.29, 0.717) is 32.4 Å². The van der Waals surface area contributed by atoms with Crippen LogP contribution in [0.25, 0.3) is 0 Å². The summed E-state index contributed by atoms with van der Waals surface area (Å²) < 4.78 is 28.2. The summed E-state index contributed by atoms with van der Waals surface area (Å²) in [6.07, 6.45) is 1.70. The first kappa shape index (κ1) is 20.2. The molecule has 1 unspecified atom stereocenters. The van der Waals surface area contributed by atoms with E-state index < -0.39 is 23.2 Å². The number of nitrogens with zero attached hydrogens (tertiary/aromatic N) is 1. The Morgan fingerprint density at radius 2 is 2.04 bits per heavy atom. The summed E-state index contributed by atoms with van der Waals surface area (Å²) in [6, 6.07) is 12.2. The van der Waals surface area contributed by atoms with Gasteiger partial charge in [-0.25, -0.2) is 24.0 Å². The molecule has 1 fully saturated rings. The quantitative estimate of drug-likeness (QED) is 0.708. The van der Waals surface area contributed by atoms with Gasteiger partial charge < -0.3 is 11.1 Å². The molecule has 2 aromatic carbocycles. The third kappa shape index (κ3) is 3.86. The molecule has 1 saturated heterocycles. The number of nitrogens with two attached hydrogens (primary N) is 1. The van der Waals surface area contributed by atoms with Crippen LogP contribution in [-0.4, -0.2) is 24.1 Å². The van der Waals surface area contributed by atoms with E-state index in [0.717, 1.165) is 17.7 Å². The Kier molecular flexibility index (Phi) is 6.26. The minimum atomic E-state index is -0.719. The van der Waals surface area contributed by atoms with Gasteiger partial charge in [0.15, 0.2) is 0 Å². The number of hydrogen-bond acceptors (Lipinski definition) is 3. The normalized spacial score (nSPS) is 21.7. The molecule has 0 spiro atoms. The number of rotatable bonds is 6. The van der Waals surface area contributed by atoms with Crippen molar-refractivity contribution in [2.24, 2.45) is 5.73 Å². The predicted octanol–water partition coefficient (Wildman–Crippen LogP) is 3.58. The molecule has 0 aromatic heterocycles. The molecular weight excluding hydrogens is 362 g/mol. The van der Waals surface area contributed by atoms with Crippen molar-refractivity contribution in [1.82, 2.24) is 15.8 Å². The first-order valence-electron chi connectivity index (χ1n) is 9.56. The Bertz CT molecular complexity index is 817. The number of nitrogens with one attached hydrogen (secondary N) is 2. The number of urea groups is 1. The summed E-state index contributed by atoms with van der Waals surface area (Å²) >= 11 is 0. The van der Waals surface area contributed by atoms with Crippen molar-refractivity contribution in [2.45, 2.75) is 37.8 Å². The van der Waals surface area contributed by atoms with Gasteiger partial charge in [-0.15, -0.1) is 0 Å². The molecule has 1 heterocycles. The van der Waals surface area contributed by atoms with Crippen molar-refractivity contribution < 1.29 is 13.6 Å². The van der Waals surface area contributed by atoms with Crippen molar-refractivity contribution in [3.05, 3.63) is 71.3 Å². The van der Waals surface area contributed by atoms with E-state index >= 15 is 0 Å². The highest BCUT2D eigenvalue weighted by atomic mass is 19.1. The highest BCUT2D eigenvalue weighted by Crippen LogP contribution is 2.46. The number of carbonyl (C=O) groups excluding carboxylic acids is 1. The molecule has 0 saturated carbocycles. The highest BCUT2D eigenvalue weighted by Gasteiger charge is 2.49.